The first-order valence-corrected chi connectivity index (χ1v) is 10.4. The number of allylic oxidation sites excluding steroid dienone is 4. The molecule has 0 saturated carbocycles. The molecule has 0 aromatic carbocycles. The molecule has 0 aromatic heterocycles. The lowest BCUT2D eigenvalue weighted by Crippen LogP contribution is -2.29. The van der Waals surface area contributed by atoms with E-state index in [0.29, 0.717) is 0 Å². The van der Waals surface area contributed by atoms with Gasteiger partial charge in [-0.05, 0) is 27.7 Å². The zero-order chi connectivity index (χ0) is 25.6. The second-order valence-electron chi connectivity index (χ2n) is 6.68. The van der Waals surface area contributed by atoms with E-state index in [9.17, 15) is 19.2 Å². The molecule has 0 rings (SSSR count). The minimum absolute atomic E-state index is 0.173. The Labute approximate surface area is 195 Å². The van der Waals surface area contributed by atoms with E-state index in [1.54, 1.807) is 0 Å². The summed E-state index contributed by atoms with van der Waals surface area (Å²) in [4.78, 5) is 47.6. The summed E-state index contributed by atoms with van der Waals surface area (Å²) in [6.07, 6.45) is 4.08. The molecule has 2 unspecified atom stereocenters. The summed E-state index contributed by atoms with van der Waals surface area (Å²) < 4.78 is 20.5. The second-order valence-corrected chi connectivity index (χ2v) is 8.01. The first-order valence-electron chi connectivity index (χ1n) is 9.43. The molecule has 0 aliphatic heterocycles. The molecule has 0 heterocycles. The van der Waals surface area contributed by atoms with E-state index in [1.165, 1.54) is 27.7 Å². The van der Waals surface area contributed by atoms with Gasteiger partial charge in [-0.25, -0.2) is 19.2 Å². The standard InChI is InChI=1S/C20H30N4O8S/c1-11(21)5-15(25)29-9-19(31-17(27)7-13(3)23)33-20(32-18(28)8-14(4)24)10-30-16(26)6-12(2)22/h5-8,19-20H,9-10,21-24H2,1-4H3/b11-5-,12-6-,13-7-,14-8-. The molecule has 0 spiro atoms. The van der Waals surface area contributed by atoms with Gasteiger partial charge in [0, 0.05) is 47.1 Å². The van der Waals surface area contributed by atoms with Gasteiger partial charge in [0.2, 0.25) is 0 Å². The number of nitrogens with two attached hydrogens (primary N) is 4. The fourth-order valence-corrected chi connectivity index (χ4v) is 2.76. The van der Waals surface area contributed by atoms with E-state index in [0.717, 1.165) is 36.1 Å². The van der Waals surface area contributed by atoms with E-state index in [1.807, 2.05) is 0 Å². The quantitative estimate of drug-likeness (QED) is 0.124. The minimum atomic E-state index is -1.17. The lowest BCUT2D eigenvalue weighted by atomic mass is 10.4. The molecule has 0 aromatic rings. The van der Waals surface area contributed by atoms with E-state index < -0.39 is 48.0 Å². The number of rotatable bonds is 12. The molecule has 0 aliphatic carbocycles. The molecule has 13 heteroatoms. The predicted octanol–water partition coefficient (Wildman–Crippen LogP) is -0.00540. The van der Waals surface area contributed by atoms with Crippen molar-refractivity contribution >= 4 is 35.6 Å². The molecule has 0 bridgehead atoms. The highest BCUT2D eigenvalue weighted by Crippen LogP contribution is 2.23. The Bertz CT molecular complexity index is 767. The van der Waals surface area contributed by atoms with Crippen LogP contribution in [0.4, 0.5) is 0 Å². The van der Waals surface area contributed by atoms with Crippen molar-refractivity contribution in [3.05, 3.63) is 47.1 Å². The normalized spacial score (nSPS) is 14.7. The summed E-state index contributed by atoms with van der Waals surface area (Å²) in [7, 11) is 0. The molecule has 184 valence electrons. The van der Waals surface area contributed by atoms with Gasteiger partial charge in [0.25, 0.3) is 0 Å². The summed E-state index contributed by atoms with van der Waals surface area (Å²) in [5, 5.41) is 0. The van der Waals surface area contributed by atoms with Crippen molar-refractivity contribution in [1.82, 2.24) is 0 Å². The van der Waals surface area contributed by atoms with E-state index in [2.05, 4.69) is 0 Å². The van der Waals surface area contributed by atoms with Crippen molar-refractivity contribution in [3.63, 3.8) is 0 Å². The summed E-state index contributed by atoms with van der Waals surface area (Å²) in [6.45, 7) is 5.03. The molecule has 0 aliphatic rings. The number of hydrogen-bond donors (Lipinski definition) is 4. The van der Waals surface area contributed by atoms with Gasteiger partial charge in [-0.15, -0.1) is 0 Å². The predicted molar refractivity (Wildman–Crippen MR) is 121 cm³/mol. The molecule has 2 atom stereocenters. The number of carbonyl (C=O) groups excluding carboxylic acids is 4. The molecule has 33 heavy (non-hydrogen) atoms. The van der Waals surface area contributed by atoms with Crippen LogP contribution in [0, 0.1) is 0 Å². The summed E-state index contributed by atoms with van der Waals surface area (Å²) in [5.41, 5.74) is 20.2. The van der Waals surface area contributed by atoms with Crippen molar-refractivity contribution in [1.29, 1.82) is 0 Å². The fourth-order valence-electron chi connectivity index (χ4n) is 1.83. The number of hydrogen-bond acceptors (Lipinski definition) is 13. The van der Waals surface area contributed by atoms with Gasteiger partial charge in [0.1, 0.15) is 13.2 Å². The minimum Gasteiger partial charge on any atom is -0.458 e. The smallest absolute Gasteiger partial charge is 0.333 e. The van der Waals surface area contributed by atoms with Gasteiger partial charge in [0.05, 0.1) is 0 Å². The molecular formula is C20H30N4O8S. The fraction of sp³-hybridized carbons (Fsp3) is 0.400. The second kappa shape index (κ2) is 15.2. The topological polar surface area (TPSA) is 209 Å². The molecule has 12 nitrogen and oxygen atoms in total. The van der Waals surface area contributed by atoms with Crippen LogP contribution in [0.15, 0.2) is 47.1 Å². The first-order chi connectivity index (χ1) is 15.3. The number of ether oxygens (including phenoxy) is 4. The number of carbonyl (C=O) groups is 4. The van der Waals surface area contributed by atoms with Crippen molar-refractivity contribution in [2.24, 2.45) is 22.9 Å². The van der Waals surface area contributed by atoms with Crippen molar-refractivity contribution in [2.75, 3.05) is 13.2 Å². The van der Waals surface area contributed by atoms with Crippen LogP contribution < -0.4 is 22.9 Å². The van der Waals surface area contributed by atoms with Crippen molar-refractivity contribution < 1.29 is 38.1 Å². The van der Waals surface area contributed by atoms with Crippen molar-refractivity contribution in [2.45, 2.75) is 38.6 Å². The Hall–Kier alpha value is -3.61. The zero-order valence-corrected chi connectivity index (χ0v) is 19.7. The molecule has 0 radical (unpaired) electrons. The largest absolute Gasteiger partial charge is 0.458 e. The SMILES string of the molecule is C/C(N)=C/C(=O)OCC(OC(=O)/C=C(/C)N)SC(COC(=O)/C=C(/C)N)OC(=O)/C=C(/C)N. The van der Waals surface area contributed by atoms with Crippen LogP contribution in [-0.2, 0) is 38.1 Å². The van der Waals surface area contributed by atoms with Crippen LogP contribution in [0.2, 0.25) is 0 Å². The third-order valence-corrected chi connectivity index (χ3v) is 3.98. The zero-order valence-electron chi connectivity index (χ0n) is 18.9. The van der Waals surface area contributed by atoms with Gasteiger partial charge >= 0.3 is 23.9 Å². The summed E-state index contributed by atoms with van der Waals surface area (Å²) in [5.74, 6) is -3.24. The average Bonchev–Trinajstić information content (AvgIpc) is 2.61. The molecule has 0 saturated heterocycles. The first kappa shape index (κ1) is 29.4. The maximum atomic E-state index is 12.0. The lowest BCUT2D eigenvalue weighted by molar-refractivity contribution is -0.149. The van der Waals surface area contributed by atoms with Gasteiger partial charge in [-0.3, -0.25) is 0 Å². The molecular weight excluding hydrogens is 456 g/mol. The van der Waals surface area contributed by atoms with Crippen LogP contribution in [0.25, 0.3) is 0 Å². The third kappa shape index (κ3) is 16.7. The number of esters is 4. The monoisotopic (exact) mass is 486 g/mol. The number of thioether (sulfide) groups is 1. The molecule has 0 amide bonds. The van der Waals surface area contributed by atoms with Gasteiger partial charge in [-0.2, -0.15) is 0 Å². The lowest BCUT2D eigenvalue weighted by Gasteiger charge is -2.22. The average molecular weight is 487 g/mol. The van der Waals surface area contributed by atoms with Crippen molar-refractivity contribution in [3.8, 4) is 0 Å². The van der Waals surface area contributed by atoms with Gasteiger partial charge in [-0.1, -0.05) is 11.8 Å². The van der Waals surface area contributed by atoms with Gasteiger partial charge in [0.15, 0.2) is 10.9 Å². The van der Waals surface area contributed by atoms with Crippen LogP contribution in [0.3, 0.4) is 0 Å². The highest BCUT2D eigenvalue weighted by atomic mass is 32.2. The van der Waals surface area contributed by atoms with E-state index in [-0.39, 0.29) is 22.8 Å². The highest BCUT2D eigenvalue weighted by Gasteiger charge is 2.25. The van der Waals surface area contributed by atoms with Crippen LogP contribution in [0.1, 0.15) is 27.7 Å². The van der Waals surface area contributed by atoms with Crippen LogP contribution >= 0.6 is 11.8 Å². The Morgan fingerprint density at radius 3 is 1.15 bits per heavy atom. The Balaban J connectivity index is 5.57. The van der Waals surface area contributed by atoms with Crippen LogP contribution in [-0.4, -0.2) is 48.0 Å². The Kier molecular flexibility index (Phi) is 13.6. The van der Waals surface area contributed by atoms with Gasteiger partial charge < -0.3 is 41.9 Å². The maximum absolute atomic E-state index is 12.0. The van der Waals surface area contributed by atoms with Crippen LogP contribution in [0.5, 0.6) is 0 Å². The Morgan fingerprint density at radius 2 is 0.879 bits per heavy atom. The maximum Gasteiger partial charge on any atom is 0.333 e. The molecule has 8 N–H and O–H groups in total. The van der Waals surface area contributed by atoms with E-state index in [4.69, 9.17) is 41.9 Å². The third-order valence-electron chi connectivity index (χ3n) is 2.90. The summed E-state index contributed by atoms with van der Waals surface area (Å²) >= 11 is 0.738. The molecule has 0 fully saturated rings. The summed E-state index contributed by atoms with van der Waals surface area (Å²) in [6, 6.07) is 0. The van der Waals surface area contributed by atoms with E-state index >= 15 is 0 Å². The Morgan fingerprint density at radius 1 is 0.606 bits per heavy atom. The highest BCUT2D eigenvalue weighted by molar-refractivity contribution is 8.00.